The Hall–Kier alpha value is -3.55. The maximum Gasteiger partial charge on any atom is 0.408 e. The molecule has 51 heavy (non-hydrogen) atoms. The van der Waals surface area contributed by atoms with E-state index in [9.17, 15) is 34.8 Å². The molecule has 0 aromatic heterocycles. The third-order valence-electron chi connectivity index (χ3n) is 7.59. The molecule has 1 saturated heterocycles. The van der Waals surface area contributed by atoms with Crippen molar-refractivity contribution < 1.29 is 44.3 Å². The van der Waals surface area contributed by atoms with Gasteiger partial charge in [0.15, 0.2) is 6.29 Å². The Balaban J connectivity index is 2.34. The van der Waals surface area contributed by atoms with E-state index in [0.717, 1.165) is 38.5 Å². The van der Waals surface area contributed by atoms with Crippen molar-refractivity contribution in [2.75, 3.05) is 13.2 Å². The summed E-state index contributed by atoms with van der Waals surface area (Å²) >= 11 is 0. The lowest BCUT2D eigenvalue weighted by molar-refractivity contribution is -0.254. The van der Waals surface area contributed by atoms with Crippen LogP contribution in [0.5, 0.6) is 0 Å². The van der Waals surface area contributed by atoms with E-state index in [0.29, 0.717) is 32.2 Å². The monoisotopic (exact) mass is 717 g/mol. The molecule has 12 nitrogen and oxygen atoms in total. The van der Waals surface area contributed by atoms with Gasteiger partial charge in [-0.1, -0.05) is 79.8 Å². The first-order valence-electron chi connectivity index (χ1n) is 18.2. The van der Waals surface area contributed by atoms with Gasteiger partial charge in [-0.15, -0.1) is 0 Å². The van der Waals surface area contributed by atoms with E-state index in [1.165, 1.54) is 0 Å². The highest BCUT2D eigenvalue weighted by molar-refractivity contribution is 5.86. The van der Waals surface area contributed by atoms with Crippen molar-refractivity contribution in [3.05, 3.63) is 72.9 Å². The van der Waals surface area contributed by atoms with E-state index in [1.54, 1.807) is 20.8 Å². The molecule has 0 bridgehead atoms. The highest BCUT2D eigenvalue weighted by atomic mass is 16.6. The van der Waals surface area contributed by atoms with E-state index in [2.05, 4.69) is 83.6 Å². The highest BCUT2D eigenvalue weighted by Gasteiger charge is 2.45. The topological polar surface area (TPSA) is 187 Å². The summed E-state index contributed by atoms with van der Waals surface area (Å²) < 4.78 is 10.4. The van der Waals surface area contributed by atoms with E-state index in [1.807, 2.05) is 12.2 Å². The van der Waals surface area contributed by atoms with Crippen LogP contribution in [0.4, 0.5) is 4.79 Å². The number of alkyl carbamates (subject to hydrolysis) is 1. The van der Waals surface area contributed by atoms with Crippen LogP contribution in [0.1, 0.15) is 98.3 Å². The van der Waals surface area contributed by atoms with Gasteiger partial charge in [-0.2, -0.15) is 0 Å². The first-order valence-corrected chi connectivity index (χ1v) is 18.2. The minimum Gasteiger partial charge on any atom is -0.444 e. The van der Waals surface area contributed by atoms with Gasteiger partial charge in [-0.05, 0) is 85.0 Å². The third kappa shape index (κ3) is 22.1. The third-order valence-corrected chi connectivity index (χ3v) is 7.59. The maximum absolute atomic E-state index is 13.1. The molecule has 0 radical (unpaired) electrons. The zero-order valence-corrected chi connectivity index (χ0v) is 30.9. The summed E-state index contributed by atoms with van der Waals surface area (Å²) in [6.07, 6.45) is 26.5. The van der Waals surface area contributed by atoms with Crippen molar-refractivity contribution in [1.82, 2.24) is 16.0 Å². The number of allylic oxidation sites excluding steroid dienone is 12. The van der Waals surface area contributed by atoms with E-state index >= 15 is 0 Å². The van der Waals surface area contributed by atoms with Crippen molar-refractivity contribution in [1.29, 1.82) is 0 Å². The molecule has 1 aliphatic rings. The van der Waals surface area contributed by atoms with Gasteiger partial charge in [0, 0.05) is 13.0 Å². The van der Waals surface area contributed by atoms with E-state index in [4.69, 9.17) is 9.47 Å². The molecule has 1 rings (SSSR count). The number of aliphatic hydroxyl groups is 4. The molecule has 3 amide bonds. The van der Waals surface area contributed by atoms with Crippen molar-refractivity contribution in [2.45, 2.75) is 141 Å². The first-order chi connectivity index (χ1) is 24.4. The van der Waals surface area contributed by atoms with Gasteiger partial charge in [0.1, 0.15) is 36.0 Å². The second-order valence-electron chi connectivity index (χ2n) is 13.3. The van der Waals surface area contributed by atoms with Crippen molar-refractivity contribution in [2.24, 2.45) is 0 Å². The SMILES string of the molecule is CCC=CCC=CCC=CCC=CCC=CCC=CCCC(=O)NCCCC[C@H](NC(=O)OC(C)(C)C)C(=O)NC1[C@H](O)OC(CO)[C@@H](O)[C@H]1O. The predicted molar refractivity (Wildman–Crippen MR) is 199 cm³/mol. The van der Waals surface area contributed by atoms with Crippen LogP contribution >= 0.6 is 0 Å². The highest BCUT2D eigenvalue weighted by Crippen LogP contribution is 2.20. The number of amides is 3. The Morgan fingerprint density at radius 2 is 1.31 bits per heavy atom. The molecule has 0 aromatic carbocycles. The number of unbranched alkanes of at least 4 members (excludes halogenated alkanes) is 1. The van der Waals surface area contributed by atoms with Crippen LogP contribution in [0.2, 0.25) is 0 Å². The van der Waals surface area contributed by atoms with Gasteiger partial charge in [0.05, 0.1) is 6.61 Å². The van der Waals surface area contributed by atoms with Crippen molar-refractivity contribution in [3.8, 4) is 0 Å². The van der Waals surface area contributed by atoms with Crippen LogP contribution in [0.25, 0.3) is 0 Å². The summed E-state index contributed by atoms with van der Waals surface area (Å²) in [6, 6.07) is -2.51. The molecule has 1 fully saturated rings. The Morgan fingerprint density at radius 1 is 0.784 bits per heavy atom. The van der Waals surface area contributed by atoms with Crippen LogP contribution in [0.15, 0.2) is 72.9 Å². The molecule has 6 atom stereocenters. The fourth-order valence-electron chi connectivity index (χ4n) is 4.88. The Morgan fingerprint density at radius 3 is 1.82 bits per heavy atom. The molecule has 0 spiro atoms. The molecular formula is C39H63N3O9. The predicted octanol–water partition coefficient (Wildman–Crippen LogP) is 4.56. The summed E-state index contributed by atoms with van der Waals surface area (Å²) in [5.74, 6) is -0.821. The number of hydrogen-bond donors (Lipinski definition) is 7. The molecular weight excluding hydrogens is 654 g/mol. The minimum atomic E-state index is -1.70. The second-order valence-corrected chi connectivity index (χ2v) is 13.3. The van der Waals surface area contributed by atoms with Crippen molar-refractivity contribution >= 4 is 17.9 Å². The maximum atomic E-state index is 13.1. The van der Waals surface area contributed by atoms with Crippen LogP contribution < -0.4 is 16.0 Å². The number of rotatable bonds is 23. The lowest BCUT2D eigenvalue weighted by Crippen LogP contribution is -2.65. The number of hydrogen-bond acceptors (Lipinski definition) is 9. The summed E-state index contributed by atoms with van der Waals surface area (Å²) in [6.45, 7) is 6.91. The molecule has 0 aromatic rings. The zero-order valence-electron chi connectivity index (χ0n) is 30.9. The molecule has 12 heteroatoms. The molecule has 1 heterocycles. The molecule has 1 aliphatic heterocycles. The van der Waals surface area contributed by atoms with Gasteiger partial charge in [0.2, 0.25) is 11.8 Å². The molecule has 0 saturated carbocycles. The molecule has 2 unspecified atom stereocenters. The first kappa shape index (κ1) is 45.5. The summed E-state index contributed by atoms with van der Waals surface area (Å²) in [5.41, 5.74) is -0.812. The molecule has 0 aliphatic carbocycles. The van der Waals surface area contributed by atoms with Crippen LogP contribution in [-0.4, -0.2) is 93.8 Å². The number of carbonyl (C=O) groups is 3. The number of nitrogens with one attached hydrogen (secondary N) is 3. The van der Waals surface area contributed by atoms with Gasteiger partial charge in [-0.25, -0.2) is 4.79 Å². The smallest absolute Gasteiger partial charge is 0.408 e. The van der Waals surface area contributed by atoms with E-state index in [-0.39, 0.29) is 12.3 Å². The fraction of sp³-hybridized carbons (Fsp3) is 0.615. The average molecular weight is 718 g/mol. The van der Waals surface area contributed by atoms with Crippen LogP contribution in [0.3, 0.4) is 0 Å². The average Bonchev–Trinajstić information content (AvgIpc) is 3.07. The molecule has 288 valence electrons. The van der Waals surface area contributed by atoms with Gasteiger partial charge in [-0.3, -0.25) is 9.59 Å². The zero-order chi connectivity index (χ0) is 37.9. The second kappa shape index (κ2) is 27.1. The summed E-state index contributed by atoms with van der Waals surface area (Å²) in [5, 5.41) is 47.8. The summed E-state index contributed by atoms with van der Waals surface area (Å²) in [4.78, 5) is 37.8. The standard InChI is InChI=1S/C39H63N3O9/c1-5-6-7-8-9-10-11-12-13-14-15-16-17-18-19-20-21-22-23-27-32(44)40-28-25-24-26-30(41-38(49)51-39(2,3)4)36(47)42-33-35(46)34(45)31(29-43)50-37(33)48/h6-7,9-10,12-13,15-16,18-19,21-22,30-31,33-35,37,43,45-46,48H,5,8,11,14,17,20,23-29H2,1-4H3,(H,40,44)(H,41,49)(H,42,47)/t30-,31?,33?,34+,35-,37+/m0/s1. The fourth-order valence-corrected chi connectivity index (χ4v) is 4.88. The number of aliphatic hydroxyl groups excluding tert-OH is 4. The van der Waals surface area contributed by atoms with Gasteiger partial charge in [0.25, 0.3) is 0 Å². The largest absolute Gasteiger partial charge is 0.444 e. The normalized spacial score (nSPS) is 22.2. The van der Waals surface area contributed by atoms with Crippen molar-refractivity contribution in [3.63, 3.8) is 0 Å². The summed E-state index contributed by atoms with van der Waals surface area (Å²) in [7, 11) is 0. The lowest BCUT2D eigenvalue weighted by Gasteiger charge is -2.40. The Labute approximate surface area is 304 Å². The quantitative estimate of drug-likeness (QED) is 0.0588. The lowest BCUT2D eigenvalue weighted by atomic mass is 9.96. The van der Waals surface area contributed by atoms with Crippen LogP contribution in [-0.2, 0) is 19.1 Å². The van der Waals surface area contributed by atoms with Gasteiger partial charge < -0.3 is 45.9 Å². The van der Waals surface area contributed by atoms with E-state index < -0.39 is 60.9 Å². The van der Waals surface area contributed by atoms with Gasteiger partial charge >= 0.3 is 6.09 Å². The van der Waals surface area contributed by atoms with Crippen LogP contribution in [0, 0.1) is 0 Å². The number of ether oxygens (including phenoxy) is 2. The number of carbonyl (C=O) groups excluding carboxylic acids is 3. The minimum absolute atomic E-state index is 0.0873. The Bertz CT molecular complexity index is 1170. The molecule has 7 N–H and O–H groups in total. The Kier molecular flexibility index (Phi) is 24.2.